The summed E-state index contributed by atoms with van der Waals surface area (Å²) < 4.78 is 30.7. The van der Waals surface area contributed by atoms with Crippen molar-refractivity contribution < 1.29 is 37.3 Å². The quantitative estimate of drug-likeness (QED) is 0.0156. The van der Waals surface area contributed by atoms with E-state index in [1.165, 1.54) is 109 Å². The van der Waals surface area contributed by atoms with Crippen LogP contribution in [0.15, 0.2) is 122 Å². The number of phosphoric acid groups is 1. The first-order valence-electron chi connectivity index (χ1n) is 30.9. The SMILES string of the molecule is CC\C=C/C=C/C=C/C=C\C=C\C=C\CCCCCC(=O)OC(/C=C\CCCCCCCCCCCCC)C(COP(=O)(O)OCC[N+](C)(C)C)NC(=O)CCCCCCCCCC/C=C\C/C=C\C/C=C\CCCCC. The molecule has 2 N–H and O–H groups in total. The van der Waals surface area contributed by atoms with Crippen LogP contribution in [0.3, 0.4) is 0 Å². The molecule has 440 valence electrons. The van der Waals surface area contributed by atoms with Gasteiger partial charge in [0.25, 0.3) is 0 Å². The number of carbonyl (C=O) groups is 2. The van der Waals surface area contributed by atoms with Crippen molar-refractivity contribution in [3.63, 3.8) is 0 Å². The number of ether oxygens (including phenoxy) is 1. The number of hydrogen-bond acceptors (Lipinski definition) is 6. The van der Waals surface area contributed by atoms with E-state index in [1.54, 1.807) is 0 Å². The van der Waals surface area contributed by atoms with Crippen molar-refractivity contribution in [2.75, 3.05) is 40.9 Å². The van der Waals surface area contributed by atoms with Crippen molar-refractivity contribution >= 4 is 19.7 Å². The molecule has 3 unspecified atom stereocenters. The first-order chi connectivity index (χ1) is 37.4. The monoisotopic (exact) mass is 1090 g/mol. The van der Waals surface area contributed by atoms with Crippen LogP contribution in [0.25, 0.3) is 0 Å². The van der Waals surface area contributed by atoms with Crippen LogP contribution in [0.2, 0.25) is 0 Å². The maximum absolute atomic E-state index is 13.6. The lowest BCUT2D eigenvalue weighted by Gasteiger charge is -2.27. The fraction of sp³-hybridized carbons (Fsp3) is 0.672. The summed E-state index contributed by atoms with van der Waals surface area (Å²) in [6, 6.07) is -0.880. The standard InChI is InChI=1S/C67H115N2O7P/c1-7-10-13-16-19-22-25-28-30-32-33-34-35-37-38-41-44-47-50-53-56-59-66(70)68-64(63-75-77(72,73)74-62-61-69(4,5)6)65(58-55-52-49-46-43-40-27-24-21-18-15-12-9-3)76-67(71)60-57-54-51-48-45-42-39-36-31-29-26-23-20-17-14-11-8-2/h11,14,17,19-20,22-23,26,28-31,33-34,36,39,42,45,55,58,64-65H,7-10,12-13,15-16,18,21,24-25,27,32,35,37-38,40-41,43-44,46-54,56-57,59-63H2,1-6H3,(H-,68,70,72,73)/p+1/b14-11-,20-17+,22-19-,26-23+,30-28-,31-29-,34-33-,39-36+,45-42+,58-55-. The molecule has 0 aromatic carbocycles. The molecule has 10 heteroatoms. The molecule has 0 rings (SSSR count). The largest absolute Gasteiger partial charge is 0.472 e. The van der Waals surface area contributed by atoms with Gasteiger partial charge in [-0.25, -0.2) is 4.57 Å². The van der Waals surface area contributed by atoms with E-state index < -0.39 is 20.0 Å². The second-order valence-corrected chi connectivity index (χ2v) is 23.1. The molecule has 0 aromatic rings. The number of allylic oxidation sites excluding steroid dienone is 19. The number of phosphoric ester groups is 1. The van der Waals surface area contributed by atoms with E-state index in [0.717, 1.165) is 89.9 Å². The predicted molar refractivity (Wildman–Crippen MR) is 332 cm³/mol. The number of rotatable bonds is 54. The first kappa shape index (κ1) is 73.4. The zero-order valence-electron chi connectivity index (χ0n) is 50.2. The average Bonchev–Trinajstić information content (AvgIpc) is 3.39. The topological polar surface area (TPSA) is 111 Å². The van der Waals surface area contributed by atoms with Crippen LogP contribution >= 0.6 is 7.82 Å². The van der Waals surface area contributed by atoms with Crippen molar-refractivity contribution in [3.05, 3.63) is 122 Å². The van der Waals surface area contributed by atoms with E-state index in [9.17, 15) is 19.0 Å². The molecule has 3 atom stereocenters. The van der Waals surface area contributed by atoms with Crippen molar-refractivity contribution in [1.82, 2.24) is 5.32 Å². The molecule has 0 aliphatic rings. The summed E-state index contributed by atoms with van der Waals surface area (Å²) in [5.74, 6) is -0.571. The Labute approximate surface area is 473 Å². The highest BCUT2D eigenvalue weighted by Gasteiger charge is 2.30. The number of nitrogens with one attached hydrogen (secondary N) is 1. The van der Waals surface area contributed by atoms with E-state index in [0.29, 0.717) is 23.9 Å². The lowest BCUT2D eigenvalue weighted by Crippen LogP contribution is -2.47. The third-order valence-electron chi connectivity index (χ3n) is 13.0. The van der Waals surface area contributed by atoms with E-state index in [2.05, 4.69) is 74.7 Å². The minimum atomic E-state index is -4.47. The Kier molecular flexibility index (Phi) is 53.1. The van der Waals surface area contributed by atoms with E-state index in [-0.39, 0.29) is 31.5 Å². The highest BCUT2D eigenvalue weighted by molar-refractivity contribution is 7.47. The van der Waals surface area contributed by atoms with E-state index >= 15 is 0 Å². The number of likely N-dealkylation sites (N-methyl/N-ethyl adjacent to an activating group) is 1. The molecule has 0 radical (unpaired) electrons. The average molecular weight is 1090 g/mol. The van der Waals surface area contributed by atoms with E-state index in [4.69, 9.17) is 13.8 Å². The van der Waals surface area contributed by atoms with Crippen LogP contribution < -0.4 is 5.32 Å². The summed E-state index contributed by atoms with van der Waals surface area (Å²) in [4.78, 5) is 37.7. The van der Waals surface area contributed by atoms with Gasteiger partial charge < -0.3 is 19.4 Å². The molecule has 1 amide bonds. The molecule has 0 spiro atoms. The van der Waals surface area contributed by atoms with Crippen LogP contribution in [-0.2, 0) is 27.9 Å². The highest BCUT2D eigenvalue weighted by Crippen LogP contribution is 2.43. The number of esters is 1. The third kappa shape index (κ3) is 56.9. The molecule has 0 aliphatic heterocycles. The van der Waals surface area contributed by atoms with Crippen LogP contribution in [0.4, 0.5) is 0 Å². The predicted octanol–water partition coefficient (Wildman–Crippen LogP) is 19.1. The van der Waals surface area contributed by atoms with Crippen molar-refractivity contribution in [2.24, 2.45) is 0 Å². The third-order valence-corrected chi connectivity index (χ3v) is 14.0. The van der Waals surface area contributed by atoms with Gasteiger partial charge in [0.15, 0.2) is 0 Å². The molecule has 0 aliphatic carbocycles. The van der Waals surface area contributed by atoms with Crippen molar-refractivity contribution in [1.29, 1.82) is 0 Å². The molecule has 0 saturated heterocycles. The normalized spacial score (nSPS) is 14.5. The lowest BCUT2D eigenvalue weighted by molar-refractivity contribution is -0.870. The summed E-state index contributed by atoms with van der Waals surface area (Å²) in [6.45, 7) is 6.79. The fourth-order valence-corrected chi connectivity index (χ4v) is 9.01. The summed E-state index contributed by atoms with van der Waals surface area (Å²) in [6.07, 6.45) is 77.6. The summed E-state index contributed by atoms with van der Waals surface area (Å²) in [5.41, 5.74) is 0. The van der Waals surface area contributed by atoms with Gasteiger partial charge in [0.05, 0.1) is 33.8 Å². The molecule has 0 saturated carbocycles. The van der Waals surface area contributed by atoms with Gasteiger partial charge in [-0.05, 0) is 89.5 Å². The maximum atomic E-state index is 13.6. The Balaban J connectivity index is 5.38. The van der Waals surface area contributed by atoms with Gasteiger partial charge in [-0.2, -0.15) is 0 Å². The van der Waals surface area contributed by atoms with Crippen LogP contribution in [0.1, 0.15) is 239 Å². The zero-order valence-corrected chi connectivity index (χ0v) is 51.1. The van der Waals surface area contributed by atoms with Crippen LogP contribution in [0.5, 0.6) is 0 Å². The highest BCUT2D eigenvalue weighted by atomic mass is 31.2. The summed E-state index contributed by atoms with van der Waals surface area (Å²) in [5, 5.41) is 3.04. The first-order valence-corrected chi connectivity index (χ1v) is 32.4. The Hall–Kier alpha value is -3.59. The van der Waals surface area contributed by atoms with Gasteiger partial charge in [-0.15, -0.1) is 0 Å². The minimum absolute atomic E-state index is 0.0243. The fourth-order valence-electron chi connectivity index (χ4n) is 8.27. The Bertz CT molecular complexity index is 1730. The van der Waals surface area contributed by atoms with Gasteiger partial charge >= 0.3 is 13.8 Å². The smallest absolute Gasteiger partial charge is 0.456 e. The number of carbonyl (C=O) groups excluding carboxylic acids is 2. The maximum Gasteiger partial charge on any atom is 0.472 e. The van der Waals surface area contributed by atoms with Gasteiger partial charge in [0.1, 0.15) is 19.3 Å². The summed E-state index contributed by atoms with van der Waals surface area (Å²) in [7, 11) is 1.45. The Morgan fingerprint density at radius 3 is 1.40 bits per heavy atom. The van der Waals surface area contributed by atoms with Crippen molar-refractivity contribution in [2.45, 2.75) is 251 Å². The molecule has 0 bridgehead atoms. The zero-order chi connectivity index (χ0) is 56.4. The molecule has 9 nitrogen and oxygen atoms in total. The van der Waals surface area contributed by atoms with Gasteiger partial charge in [0, 0.05) is 12.8 Å². The van der Waals surface area contributed by atoms with Gasteiger partial charge in [0.2, 0.25) is 5.91 Å². The lowest BCUT2D eigenvalue weighted by atomic mass is 10.0. The number of nitrogens with zero attached hydrogens (tertiary/aromatic N) is 1. The molecule has 0 heterocycles. The number of amides is 1. The minimum Gasteiger partial charge on any atom is -0.456 e. The van der Waals surface area contributed by atoms with Crippen LogP contribution in [0, 0.1) is 0 Å². The van der Waals surface area contributed by atoms with Crippen molar-refractivity contribution in [3.8, 4) is 0 Å². The number of quaternary nitrogens is 1. The Morgan fingerprint density at radius 1 is 0.481 bits per heavy atom. The number of hydrogen-bond donors (Lipinski definition) is 2. The van der Waals surface area contributed by atoms with E-state index in [1.807, 2.05) is 94.1 Å². The molecular formula is C67H116N2O7P+. The molecule has 0 fully saturated rings. The molecular weight excluding hydrogens is 976 g/mol. The molecule has 77 heavy (non-hydrogen) atoms. The van der Waals surface area contributed by atoms with Crippen LogP contribution in [-0.4, -0.2) is 74.3 Å². The Morgan fingerprint density at radius 2 is 0.883 bits per heavy atom. The second kappa shape index (κ2) is 55.7. The molecule has 0 aromatic heterocycles. The summed E-state index contributed by atoms with van der Waals surface area (Å²) >= 11 is 0. The number of unbranched alkanes of at least 4 members (excludes halogenated alkanes) is 25. The van der Waals surface area contributed by atoms with Gasteiger partial charge in [-0.1, -0.05) is 258 Å². The second-order valence-electron chi connectivity index (χ2n) is 21.6. The van der Waals surface area contributed by atoms with Gasteiger partial charge in [-0.3, -0.25) is 18.6 Å².